The SMILES string of the molecule is CCC(CC)n1c(CCl)nc2ccc(OC)cc21. The van der Waals surface area contributed by atoms with E-state index in [1.165, 1.54) is 0 Å². The van der Waals surface area contributed by atoms with Crippen molar-refractivity contribution >= 4 is 22.6 Å². The van der Waals surface area contributed by atoms with Gasteiger partial charge in [-0.3, -0.25) is 0 Å². The molecule has 18 heavy (non-hydrogen) atoms. The second-order valence-electron chi connectivity index (χ2n) is 4.36. The average molecular weight is 267 g/mol. The molecule has 0 radical (unpaired) electrons. The van der Waals surface area contributed by atoms with E-state index in [0.717, 1.165) is 35.4 Å². The van der Waals surface area contributed by atoms with Gasteiger partial charge in [0.2, 0.25) is 0 Å². The third-order valence-electron chi connectivity index (χ3n) is 3.40. The Hall–Kier alpha value is -1.22. The first kappa shape index (κ1) is 13.2. The first-order valence-electron chi connectivity index (χ1n) is 6.35. The summed E-state index contributed by atoms with van der Waals surface area (Å²) in [5.41, 5.74) is 2.09. The van der Waals surface area contributed by atoms with Crippen LogP contribution in [0.3, 0.4) is 0 Å². The number of hydrogen-bond acceptors (Lipinski definition) is 2. The topological polar surface area (TPSA) is 27.1 Å². The number of ether oxygens (including phenoxy) is 1. The lowest BCUT2D eigenvalue weighted by atomic mass is 10.1. The van der Waals surface area contributed by atoms with Crippen LogP contribution in [0, 0.1) is 0 Å². The lowest BCUT2D eigenvalue weighted by molar-refractivity contribution is 0.414. The largest absolute Gasteiger partial charge is 0.497 e. The van der Waals surface area contributed by atoms with Crippen LogP contribution in [0.2, 0.25) is 0 Å². The van der Waals surface area contributed by atoms with Gasteiger partial charge in [-0.25, -0.2) is 4.98 Å². The first-order chi connectivity index (χ1) is 8.74. The summed E-state index contributed by atoms with van der Waals surface area (Å²) >= 11 is 6.02. The monoisotopic (exact) mass is 266 g/mol. The minimum Gasteiger partial charge on any atom is -0.497 e. The zero-order valence-corrected chi connectivity index (χ0v) is 11.9. The summed E-state index contributed by atoms with van der Waals surface area (Å²) in [6.07, 6.45) is 2.14. The molecule has 2 aromatic rings. The molecule has 0 saturated carbocycles. The fourth-order valence-electron chi connectivity index (χ4n) is 2.41. The van der Waals surface area contributed by atoms with Crippen molar-refractivity contribution in [2.24, 2.45) is 0 Å². The van der Waals surface area contributed by atoms with Crippen molar-refractivity contribution in [1.82, 2.24) is 9.55 Å². The number of imidazole rings is 1. The van der Waals surface area contributed by atoms with Crippen LogP contribution in [0.25, 0.3) is 11.0 Å². The van der Waals surface area contributed by atoms with Gasteiger partial charge >= 0.3 is 0 Å². The molecular formula is C14H19ClN2O. The minimum atomic E-state index is 0.438. The van der Waals surface area contributed by atoms with Gasteiger partial charge in [-0.1, -0.05) is 13.8 Å². The molecular weight excluding hydrogens is 248 g/mol. The quantitative estimate of drug-likeness (QED) is 0.761. The Morgan fingerprint density at radius 1 is 1.33 bits per heavy atom. The maximum Gasteiger partial charge on any atom is 0.125 e. The van der Waals surface area contributed by atoms with Crippen LogP contribution in [-0.4, -0.2) is 16.7 Å². The van der Waals surface area contributed by atoms with Crippen LogP contribution < -0.4 is 4.74 Å². The molecule has 0 aliphatic heterocycles. The van der Waals surface area contributed by atoms with E-state index in [9.17, 15) is 0 Å². The predicted molar refractivity (Wildman–Crippen MR) is 75.5 cm³/mol. The molecule has 4 heteroatoms. The normalized spacial score (nSPS) is 11.4. The minimum absolute atomic E-state index is 0.438. The molecule has 1 aromatic carbocycles. The molecule has 1 aromatic heterocycles. The highest BCUT2D eigenvalue weighted by Gasteiger charge is 2.16. The smallest absolute Gasteiger partial charge is 0.125 e. The zero-order chi connectivity index (χ0) is 13.1. The number of nitrogens with zero attached hydrogens (tertiary/aromatic N) is 2. The highest BCUT2D eigenvalue weighted by Crippen LogP contribution is 2.28. The van der Waals surface area contributed by atoms with Gasteiger partial charge in [0, 0.05) is 12.1 Å². The van der Waals surface area contributed by atoms with E-state index < -0.39 is 0 Å². The molecule has 0 spiro atoms. The molecule has 0 unspecified atom stereocenters. The van der Waals surface area contributed by atoms with Crippen molar-refractivity contribution in [1.29, 1.82) is 0 Å². The van der Waals surface area contributed by atoms with Gasteiger partial charge in [0.25, 0.3) is 0 Å². The van der Waals surface area contributed by atoms with E-state index in [0.29, 0.717) is 11.9 Å². The Bertz CT molecular complexity index is 532. The van der Waals surface area contributed by atoms with Gasteiger partial charge in [-0.05, 0) is 25.0 Å². The Morgan fingerprint density at radius 3 is 2.61 bits per heavy atom. The average Bonchev–Trinajstić information content (AvgIpc) is 2.78. The van der Waals surface area contributed by atoms with Crippen LogP contribution in [0.1, 0.15) is 38.6 Å². The summed E-state index contributed by atoms with van der Waals surface area (Å²) in [7, 11) is 1.68. The fraction of sp³-hybridized carbons (Fsp3) is 0.500. The number of aromatic nitrogens is 2. The number of fused-ring (bicyclic) bond motifs is 1. The summed E-state index contributed by atoms with van der Waals surface area (Å²) in [5, 5.41) is 0. The molecule has 0 fully saturated rings. The van der Waals surface area contributed by atoms with Gasteiger partial charge < -0.3 is 9.30 Å². The predicted octanol–water partition coefficient (Wildman–Crippen LogP) is 4.14. The molecule has 0 aliphatic carbocycles. The molecule has 1 heterocycles. The molecule has 0 N–H and O–H groups in total. The summed E-state index contributed by atoms with van der Waals surface area (Å²) in [6.45, 7) is 4.39. The fourth-order valence-corrected chi connectivity index (χ4v) is 2.59. The van der Waals surface area contributed by atoms with Crippen LogP contribution in [-0.2, 0) is 5.88 Å². The van der Waals surface area contributed by atoms with Crippen molar-refractivity contribution < 1.29 is 4.74 Å². The van der Waals surface area contributed by atoms with Gasteiger partial charge in [0.15, 0.2) is 0 Å². The second-order valence-corrected chi connectivity index (χ2v) is 4.62. The molecule has 98 valence electrons. The third-order valence-corrected chi connectivity index (χ3v) is 3.64. The van der Waals surface area contributed by atoms with Crippen LogP contribution in [0.4, 0.5) is 0 Å². The number of hydrogen-bond donors (Lipinski definition) is 0. The van der Waals surface area contributed by atoms with E-state index in [1.54, 1.807) is 7.11 Å². The van der Waals surface area contributed by atoms with Crippen LogP contribution >= 0.6 is 11.6 Å². The number of halogens is 1. The summed E-state index contributed by atoms with van der Waals surface area (Å²) < 4.78 is 7.55. The van der Waals surface area contributed by atoms with E-state index in [4.69, 9.17) is 16.3 Å². The first-order valence-corrected chi connectivity index (χ1v) is 6.89. The zero-order valence-electron chi connectivity index (χ0n) is 11.1. The molecule has 0 amide bonds. The molecule has 3 nitrogen and oxygen atoms in total. The summed E-state index contributed by atoms with van der Waals surface area (Å²) in [4.78, 5) is 4.60. The lowest BCUT2D eigenvalue weighted by Gasteiger charge is -2.18. The maximum atomic E-state index is 6.02. The molecule has 2 rings (SSSR count). The Morgan fingerprint density at radius 2 is 2.06 bits per heavy atom. The standard InChI is InChI=1S/C14H19ClN2O/c1-4-10(5-2)17-13-8-11(18-3)6-7-12(13)16-14(17)9-15/h6-8,10H,4-5,9H2,1-3H3. The molecule has 0 atom stereocenters. The highest BCUT2D eigenvalue weighted by atomic mass is 35.5. The molecule has 0 saturated heterocycles. The Kier molecular flexibility index (Phi) is 4.12. The van der Waals surface area contributed by atoms with Gasteiger partial charge in [-0.15, -0.1) is 11.6 Å². The van der Waals surface area contributed by atoms with E-state index in [-0.39, 0.29) is 0 Å². The van der Waals surface area contributed by atoms with Gasteiger partial charge in [0.1, 0.15) is 11.6 Å². The lowest BCUT2D eigenvalue weighted by Crippen LogP contribution is -2.10. The number of rotatable bonds is 5. The van der Waals surface area contributed by atoms with Crippen molar-refractivity contribution in [2.45, 2.75) is 38.6 Å². The Balaban J connectivity index is 2.65. The number of alkyl halides is 1. The van der Waals surface area contributed by atoms with E-state index in [1.807, 2.05) is 18.2 Å². The van der Waals surface area contributed by atoms with Crippen molar-refractivity contribution in [3.8, 4) is 5.75 Å². The highest BCUT2D eigenvalue weighted by molar-refractivity contribution is 6.16. The maximum absolute atomic E-state index is 6.02. The summed E-state index contributed by atoms with van der Waals surface area (Å²) in [6, 6.07) is 6.40. The molecule has 0 bridgehead atoms. The van der Waals surface area contributed by atoms with Crippen LogP contribution in [0.15, 0.2) is 18.2 Å². The van der Waals surface area contributed by atoms with Crippen molar-refractivity contribution in [2.75, 3.05) is 7.11 Å². The second kappa shape index (κ2) is 5.61. The van der Waals surface area contributed by atoms with Gasteiger partial charge in [0.05, 0.1) is 24.0 Å². The summed E-state index contributed by atoms with van der Waals surface area (Å²) in [5.74, 6) is 2.23. The third kappa shape index (κ3) is 2.19. The van der Waals surface area contributed by atoms with Gasteiger partial charge in [-0.2, -0.15) is 0 Å². The van der Waals surface area contributed by atoms with Crippen molar-refractivity contribution in [3.05, 3.63) is 24.0 Å². The molecule has 0 aliphatic rings. The van der Waals surface area contributed by atoms with E-state index >= 15 is 0 Å². The van der Waals surface area contributed by atoms with Crippen LogP contribution in [0.5, 0.6) is 5.75 Å². The van der Waals surface area contributed by atoms with E-state index in [2.05, 4.69) is 23.4 Å². The number of benzene rings is 1. The Labute approximate surface area is 113 Å². The number of methoxy groups -OCH3 is 1. The van der Waals surface area contributed by atoms with Crippen molar-refractivity contribution in [3.63, 3.8) is 0 Å².